The quantitative estimate of drug-likeness (QED) is 0.654. The number of nitrogens with zero attached hydrogens (tertiary/aromatic N) is 3. The molecule has 0 fully saturated rings. The van der Waals surface area contributed by atoms with Gasteiger partial charge in [-0.1, -0.05) is 19.1 Å². The number of carbonyl (C=O) groups excluding carboxylic acids is 1. The molecule has 0 aliphatic carbocycles. The SMILES string of the molecule is CCCn1c(-c2ccc(C(=O)N(CC)CC)s2)nc2ccccc21. The van der Waals surface area contributed by atoms with Crippen LogP contribution in [0.1, 0.15) is 36.9 Å². The summed E-state index contributed by atoms with van der Waals surface area (Å²) in [4.78, 5) is 21.0. The fourth-order valence-electron chi connectivity index (χ4n) is 2.95. The largest absolute Gasteiger partial charge is 0.339 e. The first-order chi connectivity index (χ1) is 11.7. The van der Waals surface area contributed by atoms with E-state index in [9.17, 15) is 4.79 Å². The van der Waals surface area contributed by atoms with E-state index in [-0.39, 0.29) is 5.91 Å². The highest BCUT2D eigenvalue weighted by Gasteiger charge is 2.18. The van der Waals surface area contributed by atoms with Crippen molar-refractivity contribution in [3.05, 3.63) is 41.3 Å². The molecule has 2 heterocycles. The summed E-state index contributed by atoms with van der Waals surface area (Å²) in [6.07, 6.45) is 1.05. The first-order valence-electron chi connectivity index (χ1n) is 8.54. The molecule has 126 valence electrons. The lowest BCUT2D eigenvalue weighted by molar-refractivity contribution is 0.0778. The second-order valence-corrected chi connectivity index (χ2v) is 6.80. The summed E-state index contributed by atoms with van der Waals surface area (Å²) in [6.45, 7) is 8.58. The van der Waals surface area contributed by atoms with Crippen molar-refractivity contribution in [2.75, 3.05) is 13.1 Å². The Labute approximate surface area is 146 Å². The Bertz CT molecular complexity index is 845. The van der Waals surface area contributed by atoms with Crippen LogP contribution in [0.4, 0.5) is 0 Å². The maximum absolute atomic E-state index is 12.5. The van der Waals surface area contributed by atoms with Crippen LogP contribution in [0.2, 0.25) is 0 Å². The number of para-hydroxylation sites is 2. The third kappa shape index (κ3) is 2.96. The summed E-state index contributed by atoms with van der Waals surface area (Å²) in [7, 11) is 0. The van der Waals surface area contributed by atoms with Gasteiger partial charge >= 0.3 is 0 Å². The summed E-state index contributed by atoms with van der Waals surface area (Å²) in [5.74, 6) is 1.07. The molecule has 0 bridgehead atoms. The second-order valence-electron chi connectivity index (χ2n) is 5.72. The zero-order valence-corrected chi connectivity index (χ0v) is 15.3. The molecule has 0 N–H and O–H groups in total. The molecule has 1 amide bonds. The van der Waals surface area contributed by atoms with Crippen molar-refractivity contribution < 1.29 is 4.79 Å². The third-order valence-electron chi connectivity index (χ3n) is 4.19. The average Bonchev–Trinajstić information content (AvgIpc) is 3.21. The van der Waals surface area contributed by atoms with E-state index in [4.69, 9.17) is 4.98 Å². The van der Waals surface area contributed by atoms with Crippen molar-refractivity contribution >= 4 is 28.3 Å². The number of aromatic nitrogens is 2. The Balaban J connectivity index is 2.02. The molecular formula is C19H23N3OS. The van der Waals surface area contributed by atoms with E-state index in [0.29, 0.717) is 0 Å². The number of hydrogen-bond acceptors (Lipinski definition) is 3. The summed E-state index contributed by atoms with van der Waals surface area (Å²) < 4.78 is 2.26. The normalized spacial score (nSPS) is 11.1. The van der Waals surface area contributed by atoms with Crippen LogP contribution in [0.3, 0.4) is 0 Å². The molecule has 24 heavy (non-hydrogen) atoms. The number of hydrogen-bond donors (Lipinski definition) is 0. The van der Waals surface area contributed by atoms with Gasteiger partial charge in [0.15, 0.2) is 5.82 Å². The van der Waals surface area contributed by atoms with Crippen molar-refractivity contribution in [2.24, 2.45) is 0 Å². The van der Waals surface area contributed by atoms with Crippen molar-refractivity contribution in [2.45, 2.75) is 33.7 Å². The second kappa shape index (κ2) is 7.18. The van der Waals surface area contributed by atoms with Crippen molar-refractivity contribution in [3.63, 3.8) is 0 Å². The number of rotatable bonds is 6. The Morgan fingerprint density at radius 2 is 1.88 bits per heavy atom. The van der Waals surface area contributed by atoms with E-state index < -0.39 is 0 Å². The molecule has 1 aromatic carbocycles. The maximum Gasteiger partial charge on any atom is 0.263 e. The molecule has 0 aliphatic heterocycles. The monoisotopic (exact) mass is 341 g/mol. The molecule has 4 nitrogen and oxygen atoms in total. The van der Waals surface area contributed by atoms with Crippen molar-refractivity contribution in [1.82, 2.24) is 14.5 Å². The molecule has 0 saturated carbocycles. The summed E-state index contributed by atoms with van der Waals surface area (Å²) in [5, 5.41) is 0. The van der Waals surface area contributed by atoms with Crippen molar-refractivity contribution in [3.8, 4) is 10.7 Å². The first-order valence-corrected chi connectivity index (χ1v) is 9.35. The minimum atomic E-state index is 0.106. The minimum Gasteiger partial charge on any atom is -0.339 e. The number of thiophene rings is 1. The summed E-state index contributed by atoms with van der Waals surface area (Å²) in [6, 6.07) is 12.2. The maximum atomic E-state index is 12.5. The third-order valence-corrected chi connectivity index (χ3v) is 5.26. The van der Waals surface area contributed by atoms with Crippen LogP contribution in [0, 0.1) is 0 Å². The summed E-state index contributed by atoms with van der Waals surface area (Å²) in [5.41, 5.74) is 2.16. The Morgan fingerprint density at radius 1 is 1.12 bits per heavy atom. The van der Waals surface area contributed by atoms with Crippen LogP contribution in [-0.2, 0) is 6.54 Å². The van der Waals surface area contributed by atoms with Gasteiger partial charge in [-0.2, -0.15) is 0 Å². The predicted octanol–water partition coefficient (Wildman–Crippen LogP) is 4.66. The molecule has 0 saturated heterocycles. The first kappa shape index (κ1) is 16.7. The highest BCUT2D eigenvalue weighted by Crippen LogP contribution is 2.31. The van der Waals surface area contributed by atoms with E-state index in [0.717, 1.165) is 52.7 Å². The van der Waals surface area contributed by atoms with Crippen molar-refractivity contribution in [1.29, 1.82) is 0 Å². The zero-order chi connectivity index (χ0) is 17.1. The van der Waals surface area contributed by atoms with E-state index in [1.54, 1.807) is 0 Å². The number of carbonyl (C=O) groups is 1. The number of aryl methyl sites for hydroxylation is 1. The van der Waals surface area contributed by atoms with Gasteiger partial charge in [0.1, 0.15) is 0 Å². The van der Waals surface area contributed by atoms with Crippen LogP contribution in [0.5, 0.6) is 0 Å². The highest BCUT2D eigenvalue weighted by atomic mass is 32.1. The topological polar surface area (TPSA) is 38.1 Å². The molecule has 0 spiro atoms. The van der Waals surface area contributed by atoms with E-state index in [1.165, 1.54) is 11.3 Å². The van der Waals surface area contributed by atoms with Gasteiger partial charge < -0.3 is 9.47 Å². The number of amides is 1. The van der Waals surface area contributed by atoms with E-state index in [2.05, 4.69) is 17.6 Å². The van der Waals surface area contributed by atoms with Crippen LogP contribution >= 0.6 is 11.3 Å². The van der Waals surface area contributed by atoms with Gasteiger partial charge in [0.05, 0.1) is 20.8 Å². The lowest BCUT2D eigenvalue weighted by atomic mass is 10.3. The number of fused-ring (bicyclic) bond motifs is 1. The van der Waals surface area contributed by atoms with Gasteiger partial charge in [-0.3, -0.25) is 4.79 Å². The average molecular weight is 341 g/mol. The van der Waals surface area contributed by atoms with Gasteiger partial charge in [0.2, 0.25) is 0 Å². The molecule has 2 aromatic heterocycles. The van der Waals surface area contributed by atoms with Crippen LogP contribution in [0.25, 0.3) is 21.7 Å². The Kier molecular flexibility index (Phi) is 5.00. The van der Waals surface area contributed by atoms with E-state index in [1.807, 2.05) is 49.1 Å². The molecule has 5 heteroatoms. The highest BCUT2D eigenvalue weighted by molar-refractivity contribution is 7.17. The Morgan fingerprint density at radius 3 is 2.58 bits per heavy atom. The van der Waals surface area contributed by atoms with E-state index >= 15 is 0 Å². The zero-order valence-electron chi connectivity index (χ0n) is 14.5. The molecule has 0 atom stereocenters. The smallest absolute Gasteiger partial charge is 0.263 e. The van der Waals surface area contributed by atoms with Gasteiger partial charge in [-0.25, -0.2) is 4.98 Å². The molecule has 0 aliphatic rings. The fourth-order valence-corrected chi connectivity index (χ4v) is 3.93. The van der Waals surface area contributed by atoms with Gasteiger partial charge in [0.25, 0.3) is 5.91 Å². The predicted molar refractivity (Wildman–Crippen MR) is 101 cm³/mol. The standard InChI is InChI=1S/C19H23N3OS/c1-4-13-22-15-10-8-7-9-14(15)20-18(22)16-11-12-17(24-16)19(23)21(5-2)6-3/h7-12H,4-6,13H2,1-3H3. The molecule has 3 rings (SSSR count). The number of benzene rings is 1. The molecule has 0 unspecified atom stereocenters. The fraction of sp³-hybridized carbons (Fsp3) is 0.368. The number of imidazole rings is 1. The van der Waals surface area contributed by atoms with Crippen LogP contribution in [0.15, 0.2) is 36.4 Å². The van der Waals surface area contributed by atoms with Gasteiger partial charge in [-0.05, 0) is 44.5 Å². The van der Waals surface area contributed by atoms with Crippen LogP contribution in [-0.4, -0.2) is 33.4 Å². The van der Waals surface area contributed by atoms with Gasteiger partial charge in [-0.15, -0.1) is 11.3 Å². The summed E-state index contributed by atoms with van der Waals surface area (Å²) >= 11 is 1.53. The Hall–Kier alpha value is -2.14. The molecule has 3 aromatic rings. The van der Waals surface area contributed by atoms with Crippen LogP contribution < -0.4 is 0 Å². The minimum absolute atomic E-state index is 0.106. The molecule has 0 radical (unpaired) electrons. The lowest BCUT2D eigenvalue weighted by Crippen LogP contribution is -2.29. The lowest BCUT2D eigenvalue weighted by Gasteiger charge is -2.17. The van der Waals surface area contributed by atoms with Gasteiger partial charge in [0, 0.05) is 19.6 Å². The molecular weight excluding hydrogens is 318 g/mol.